The summed E-state index contributed by atoms with van der Waals surface area (Å²) in [6.07, 6.45) is 8.71. The molecular formula is C63H53N. The molecule has 0 radical (unpaired) electrons. The highest BCUT2D eigenvalue weighted by molar-refractivity contribution is 5.98. The van der Waals surface area contributed by atoms with Gasteiger partial charge in [0.15, 0.2) is 0 Å². The van der Waals surface area contributed by atoms with Crippen LogP contribution in [0.25, 0.3) is 66.1 Å². The van der Waals surface area contributed by atoms with Gasteiger partial charge in [0.1, 0.15) is 0 Å². The standard InChI is InChI=1S/C63H53N/c1-62(2)60-36-49(44-17-24-50(25-18-44)63-38-41-33-42(39-63)35-43(34-41)40-63)23-31-58(60)59-32-30-53(37-61(59)62)64(51-26-19-47(20-27-51)56-15-7-11-45-9-3-5-13-54(45)56)52-28-21-48(22-29-52)57-16-8-12-46-10-4-6-14-55(46)57/h3-32,36-37,41-43H,33-35,38-40H2,1-2H3. The van der Waals surface area contributed by atoms with Gasteiger partial charge in [0.2, 0.25) is 0 Å². The Morgan fingerprint density at radius 2 is 0.812 bits per heavy atom. The van der Waals surface area contributed by atoms with E-state index in [0.29, 0.717) is 5.41 Å². The first kappa shape index (κ1) is 37.8. The molecule has 5 aliphatic rings. The van der Waals surface area contributed by atoms with Crippen LogP contribution in [0.2, 0.25) is 0 Å². The van der Waals surface area contributed by atoms with Gasteiger partial charge >= 0.3 is 0 Å². The molecule has 4 bridgehead atoms. The Kier molecular flexibility index (Phi) is 8.52. The average molecular weight is 824 g/mol. The van der Waals surface area contributed by atoms with E-state index >= 15 is 0 Å². The Hall–Kier alpha value is -6.70. The van der Waals surface area contributed by atoms with Crippen molar-refractivity contribution in [3.8, 4) is 44.5 Å². The molecule has 1 nitrogen and oxygen atoms in total. The molecule has 0 aromatic heterocycles. The molecule has 64 heavy (non-hydrogen) atoms. The Balaban J connectivity index is 0.860. The first-order valence-corrected chi connectivity index (χ1v) is 23.7. The van der Waals surface area contributed by atoms with Crippen LogP contribution < -0.4 is 4.90 Å². The molecule has 14 rings (SSSR count). The van der Waals surface area contributed by atoms with E-state index < -0.39 is 0 Å². The normalized spacial score (nSPS) is 21.2. The average Bonchev–Trinajstić information content (AvgIpc) is 3.56. The van der Waals surface area contributed by atoms with E-state index in [9.17, 15) is 0 Å². The predicted octanol–water partition coefficient (Wildman–Crippen LogP) is 17.2. The maximum Gasteiger partial charge on any atom is 0.0465 e. The van der Waals surface area contributed by atoms with Crippen molar-refractivity contribution >= 4 is 38.6 Å². The fourth-order valence-corrected chi connectivity index (χ4v) is 13.5. The van der Waals surface area contributed by atoms with Crippen molar-refractivity contribution < 1.29 is 0 Å². The first-order chi connectivity index (χ1) is 31.4. The van der Waals surface area contributed by atoms with Crippen LogP contribution in [-0.4, -0.2) is 0 Å². The summed E-state index contributed by atoms with van der Waals surface area (Å²) in [5, 5.41) is 5.07. The largest absolute Gasteiger partial charge is 0.310 e. The fraction of sp³-hybridized carbons (Fsp3) is 0.206. The molecule has 1 heteroatoms. The van der Waals surface area contributed by atoms with Gasteiger partial charge in [-0.15, -0.1) is 0 Å². The molecule has 4 saturated carbocycles. The predicted molar refractivity (Wildman–Crippen MR) is 270 cm³/mol. The molecular weight excluding hydrogens is 771 g/mol. The van der Waals surface area contributed by atoms with Crippen LogP contribution in [0.1, 0.15) is 69.1 Å². The molecule has 0 saturated heterocycles. The number of hydrogen-bond acceptors (Lipinski definition) is 1. The maximum absolute atomic E-state index is 2.50. The molecule has 5 aliphatic carbocycles. The highest BCUT2D eigenvalue weighted by Gasteiger charge is 2.51. The molecule has 0 aliphatic heterocycles. The number of nitrogens with zero attached hydrogens (tertiary/aromatic N) is 1. The lowest BCUT2D eigenvalue weighted by atomic mass is 9.48. The SMILES string of the molecule is CC1(C)c2cc(-c3ccc(C45CC6CC(CC(C6)C4)C5)cc3)ccc2-c2ccc(N(c3ccc(-c4cccc5ccccc45)cc3)c3ccc(-c4cccc5ccccc45)cc3)cc21. The van der Waals surface area contributed by atoms with Gasteiger partial charge in [-0.05, 0) is 187 Å². The highest BCUT2D eigenvalue weighted by atomic mass is 15.1. The molecule has 0 unspecified atom stereocenters. The Labute approximate surface area is 378 Å². The lowest BCUT2D eigenvalue weighted by Crippen LogP contribution is -2.48. The monoisotopic (exact) mass is 823 g/mol. The van der Waals surface area contributed by atoms with E-state index in [1.807, 2.05) is 0 Å². The van der Waals surface area contributed by atoms with Crippen LogP contribution in [0.3, 0.4) is 0 Å². The number of benzene rings is 9. The molecule has 310 valence electrons. The minimum Gasteiger partial charge on any atom is -0.310 e. The summed E-state index contributed by atoms with van der Waals surface area (Å²) in [7, 11) is 0. The molecule has 9 aromatic carbocycles. The van der Waals surface area contributed by atoms with E-state index in [1.54, 1.807) is 5.56 Å². The molecule has 0 spiro atoms. The van der Waals surface area contributed by atoms with Crippen molar-refractivity contribution in [3.63, 3.8) is 0 Å². The van der Waals surface area contributed by atoms with E-state index in [0.717, 1.165) is 34.8 Å². The second-order valence-corrected chi connectivity index (χ2v) is 20.4. The van der Waals surface area contributed by atoms with Crippen molar-refractivity contribution in [2.45, 2.75) is 63.2 Å². The summed E-state index contributed by atoms with van der Waals surface area (Å²) in [5.41, 5.74) is 18.4. The first-order valence-electron chi connectivity index (χ1n) is 23.7. The van der Waals surface area contributed by atoms with Gasteiger partial charge in [-0.25, -0.2) is 0 Å². The third kappa shape index (κ3) is 6.04. The van der Waals surface area contributed by atoms with Crippen LogP contribution in [0, 0.1) is 17.8 Å². The van der Waals surface area contributed by atoms with Gasteiger partial charge in [-0.2, -0.15) is 0 Å². The lowest BCUT2D eigenvalue weighted by Gasteiger charge is -2.57. The minimum atomic E-state index is -0.169. The molecule has 9 aromatic rings. The molecule has 0 atom stereocenters. The zero-order valence-electron chi connectivity index (χ0n) is 36.9. The van der Waals surface area contributed by atoms with Crippen LogP contribution >= 0.6 is 0 Å². The van der Waals surface area contributed by atoms with Gasteiger partial charge in [0.25, 0.3) is 0 Å². The van der Waals surface area contributed by atoms with Crippen molar-refractivity contribution in [3.05, 3.63) is 211 Å². The molecule has 4 fully saturated rings. The second kappa shape index (κ2) is 14.4. The summed E-state index contributed by atoms with van der Waals surface area (Å²) < 4.78 is 0. The summed E-state index contributed by atoms with van der Waals surface area (Å²) in [5.74, 6) is 2.88. The van der Waals surface area contributed by atoms with E-state index in [1.165, 1.54) is 116 Å². The maximum atomic E-state index is 2.50. The number of anilines is 3. The van der Waals surface area contributed by atoms with Gasteiger partial charge in [-0.1, -0.05) is 166 Å². The Bertz CT molecular complexity index is 3090. The number of fused-ring (bicyclic) bond motifs is 5. The van der Waals surface area contributed by atoms with Gasteiger partial charge in [-0.3, -0.25) is 0 Å². The Morgan fingerprint density at radius 3 is 1.36 bits per heavy atom. The smallest absolute Gasteiger partial charge is 0.0465 e. The van der Waals surface area contributed by atoms with Crippen molar-refractivity contribution in [1.82, 2.24) is 0 Å². The summed E-state index contributed by atoms with van der Waals surface area (Å²) in [6.45, 7) is 4.84. The number of hydrogen-bond donors (Lipinski definition) is 0. The van der Waals surface area contributed by atoms with E-state index in [4.69, 9.17) is 0 Å². The van der Waals surface area contributed by atoms with Crippen LogP contribution in [0.15, 0.2) is 194 Å². The molecule has 0 heterocycles. The van der Waals surface area contributed by atoms with Crippen LogP contribution in [0.4, 0.5) is 17.1 Å². The topological polar surface area (TPSA) is 3.24 Å². The highest BCUT2D eigenvalue weighted by Crippen LogP contribution is 2.61. The summed E-state index contributed by atoms with van der Waals surface area (Å²) >= 11 is 0. The molecule has 0 amide bonds. The third-order valence-corrected chi connectivity index (χ3v) is 16.2. The zero-order valence-corrected chi connectivity index (χ0v) is 36.9. The van der Waals surface area contributed by atoms with Crippen molar-refractivity contribution in [1.29, 1.82) is 0 Å². The number of rotatable bonds is 7. The van der Waals surface area contributed by atoms with Gasteiger partial charge in [0.05, 0.1) is 0 Å². The summed E-state index contributed by atoms with van der Waals surface area (Å²) in [6, 6.07) is 73.2. The Morgan fingerprint density at radius 1 is 0.375 bits per heavy atom. The quantitative estimate of drug-likeness (QED) is 0.155. The van der Waals surface area contributed by atoms with E-state index in [-0.39, 0.29) is 5.41 Å². The second-order valence-electron chi connectivity index (χ2n) is 20.4. The van der Waals surface area contributed by atoms with Gasteiger partial charge in [0, 0.05) is 22.5 Å². The van der Waals surface area contributed by atoms with Crippen LogP contribution in [0.5, 0.6) is 0 Å². The third-order valence-electron chi connectivity index (χ3n) is 16.2. The zero-order chi connectivity index (χ0) is 42.6. The minimum absolute atomic E-state index is 0.169. The summed E-state index contributed by atoms with van der Waals surface area (Å²) in [4.78, 5) is 2.44. The molecule has 0 N–H and O–H groups in total. The van der Waals surface area contributed by atoms with Gasteiger partial charge < -0.3 is 4.90 Å². The van der Waals surface area contributed by atoms with Crippen LogP contribution in [-0.2, 0) is 10.8 Å². The fourth-order valence-electron chi connectivity index (χ4n) is 13.5. The lowest BCUT2D eigenvalue weighted by molar-refractivity contribution is -0.00518. The van der Waals surface area contributed by atoms with Crippen molar-refractivity contribution in [2.24, 2.45) is 17.8 Å². The van der Waals surface area contributed by atoms with Crippen molar-refractivity contribution in [2.75, 3.05) is 4.90 Å². The van der Waals surface area contributed by atoms with E-state index in [2.05, 4.69) is 213 Å².